The molecule has 5 nitrogen and oxygen atoms in total. The fourth-order valence-corrected chi connectivity index (χ4v) is 3.34. The number of halogens is 3. The topological polar surface area (TPSA) is 43.9 Å². The lowest BCUT2D eigenvalue weighted by Crippen LogP contribution is -2.57. The summed E-state index contributed by atoms with van der Waals surface area (Å²) in [6.07, 6.45) is -4.55. The van der Waals surface area contributed by atoms with E-state index in [0.29, 0.717) is 6.54 Å². The van der Waals surface area contributed by atoms with E-state index in [0.717, 1.165) is 18.0 Å². The lowest BCUT2D eigenvalue weighted by Gasteiger charge is -2.43. The van der Waals surface area contributed by atoms with Gasteiger partial charge in [-0.25, -0.2) is 0 Å². The second kappa shape index (κ2) is 6.67. The van der Waals surface area contributed by atoms with Gasteiger partial charge in [0.05, 0.1) is 5.92 Å². The van der Waals surface area contributed by atoms with Crippen molar-refractivity contribution in [2.45, 2.75) is 32.5 Å². The van der Waals surface area contributed by atoms with Crippen molar-refractivity contribution in [2.75, 3.05) is 39.8 Å². The Labute approximate surface area is 134 Å². The van der Waals surface area contributed by atoms with Crippen LogP contribution in [0.15, 0.2) is 0 Å². The molecule has 0 aliphatic carbocycles. The summed E-state index contributed by atoms with van der Waals surface area (Å²) in [5.41, 5.74) is 0. The second-order valence-corrected chi connectivity index (χ2v) is 6.90. The highest BCUT2D eigenvalue weighted by Gasteiger charge is 2.43. The van der Waals surface area contributed by atoms with E-state index in [1.807, 2.05) is 20.9 Å². The summed E-state index contributed by atoms with van der Waals surface area (Å²) in [7, 11) is 1.99. The van der Waals surface area contributed by atoms with Gasteiger partial charge >= 0.3 is 6.18 Å². The van der Waals surface area contributed by atoms with Crippen LogP contribution in [0.2, 0.25) is 0 Å². The fraction of sp³-hybridized carbons (Fsp3) is 0.867. The van der Waals surface area contributed by atoms with Crippen molar-refractivity contribution in [3.63, 3.8) is 0 Å². The Morgan fingerprint density at radius 2 is 1.91 bits per heavy atom. The zero-order valence-corrected chi connectivity index (χ0v) is 13.8. The maximum Gasteiger partial charge on any atom is 0.406 e. The molecule has 0 spiro atoms. The van der Waals surface area contributed by atoms with Crippen LogP contribution in [0.5, 0.6) is 0 Å². The Morgan fingerprint density at radius 1 is 1.26 bits per heavy atom. The van der Waals surface area contributed by atoms with Crippen LogP contribution in [0.1, 0.15) is 20.3 Å². The second-order valence-electron chi connectivity index (χ2n) is 6.90. The highest BCUT2D eigenvalue weighted by Crippen LogP contribution is 2.27. The van der Waals surface area contributed by atoms with Crippen molar-refractivity contribution in [1.29, 1.82) is 0 Å². The third-order valence-electron chi connectivity index (χ3n) is 4.61. The lowest BCUT2D eigenvalue weighted by molar-refractivity contribution is -0.157. The quantitative estimate of drug-likeness (QED) is 0.778. The Balaban J connectivity index is 2.04. The van der Waals surface area contributed by atoms with Crippen molar-refractivity contribution in [1.82, 2.24) is 14.7 Å². The molecule has 0 radical (unpaired) electrons. The molecule has 2 atom stereocenters. The summed E-state index contributed by atoms with van der Waals surface area (Å²) < 4.78 is 37.4. The molecule has 0 bridgehead atoms. The van der Waals surface area contributed by atoms with Crippen LogP contribution in [0.3, 0.4) is 0 Å². The molecule has 2 fully saturated rings. The maximum atomic E-state index is 12.7. The van der Waals surface area contributed by atoms with Gasteiger partial charge in [0, 0.05) is 38.6 Å². The summed E-state index contributed by atoms with van der Waals surface area (Å²) >= 11 is 0. The van der Waals surface area contributed by atoms with Crippen molar-refractivity contribution in [3.8, 4) is 0 Å². The molecule has 2 saturated heterocycles. The predicted octanol–water partition coefficient (Wildman–Crippen LogP) is 1.20. The molecule has 8 heteroatoms. The number of alkyl halides is 3. The van der Waals surface area contributed by atoms with Crippen LogP contribution in [0, 0.1) is 11.8 Å². The number of likely N-dealkylation sites (tertiary alicyclic amines) is 1. The minimum absolute atomic E-state index is 0.0352. The molecule has 2 amide bonds. The van der Waals surface area contributed by atoms with Gasteiger partial charge in [0.2, 0.25) is 11.8 Å². The number of rotatable bonds is 3. The van der Waals surface area contributed by atoms with Gasteiger partial charge in [0.1, 0.15) is 6.54 Å². The van der Waals surface area contributed by atoms with Crippen LogP contribution in [0.4, 0.5) is 13.2 Å². The number of carbonyl (C=O) groups is 2. The first-order chi connectivity index (χ1) is 10.6. The molecule has 0 aromatic rings. The van der Waals surface area contributed by atoms with Crippen LogP contribution in [0.25, 0.3) is 0 Å². The first kappa shape index (κ1) is 18.0. The standard InChI is InChI=1S/C15H24F3N3O2/c1-10(2)12-8-19(3)4-5-21(12)14(23)11-6-13(22)20(7-11)9-15(16,17)18/h10-12H,4-9H2,1-3H3/t11-,12-/m0/s1. The minimum atomic E-state index is -4.43. The van der Waals surface area contributed by atoms with E-state index >= 15 is 0 Å². The molecule has 2 aliphatic heterocycles. The van der Waals surface area contributed by atoms with Gasteiger partial charge in [-0.15, -0.1) is 0 Å². The normalized spacial score (nSPS) is 27.2. The van der Waals surface area contributed by atoms with E-state index in [9.17, 15) is 22.8 Å². The summed E-state index contributed by atoms with van der Waals surface area (Å²) in [6, 6.07) is 0.0352. The van der Waals surface area contributed by atoms with E-state index in [1.165, 1.54) is 0 Å². The number of likely N-dealkylation sites (N-methyl/N-ethyl adjacent to an activating group) is 1. The van der Waals surface area contributed by atoms with Crippen LogP contribution in [-0.2, 0) is 9.59 Å². The van der Waals surface area contributed by atoms with Crippen molar-refractivity contribution < 1.29 is 22.8 Å². The molecule has 23 heavy (non-hydrogen) atoms. The van der Waals surface area contributed by atoms with Gasteiger partial charge < -0.3 is 14.7 Å². The van der Waals surface area contributed by atoms with E-state index in [1.54, 1.807) is 4.90 Å². The van der Waals surface area contributed by atoms with Crippen LogP contribution in [-0.4, -0.2) is 78.5 Å². The van der Waals surface area contributed by atoms with E-state index in [-0.39, 0.29) is 30.8 Å². The molecule has 0 N–H and O–H groups in total. The zero-order chi connectivity index (χ0) is 17.4. The minimum Gasteiger partial charge on any atom is -0.337 e. The number of hydrogen-bond donors (Lipinski definition) is 0. The number of nitrogens with zero attached hydrogens (tertiary/aromatic N) is 3. The molecule has 2 aliphatic rings. The van der Waals surface area contributed by atoms with Gasteiger partial charge in [-0.3, -0.25) is 9.59 Å². The Hall–Kier alpha value is -1.31. The highest BCUT2D eigenvalue weighted by molar-refractivity contribution is 5.89. The molecule has 0 unspecified atom stereocenters. The number of carbonyl (C=O) groups excluding carboxylic acids is 2. The van der Waals surface area contributed by atoms with Gasteiger partial charge in [-0.1, -0.05) is 13.8 Å². The molecular weight excluding hydrogens is 311 g/mol. The number of piperazine rings is 1. The first-order valence-corrected chi connectivity index (χ1v) is 7.92. The summed E-state index contributed by atoms with van der Waals surface area (Å²) in [4.78, 5) is 29.1. The SMILES string of the molecule is CC(C)[C@@H]1CN(C)CCN1C(=O)[C@H]1CC(=O)N(CC(F)(F)F)C1. The van der Waals surface area contributed by atoms with Gasteiger partial charge in [-0.05, 0) is 13.0 Å². The predicted molar refractivity (Wildman–Crippen MR) is 78.6 cm³/mol. The van der Waals surface area contributed by atoms with Crippen molar-refractivity contribution >= 4 is 11.8 Å². The largest absolute Gasteiger partial charge is 0.406 e. The molecule has 2 rings (SSSR count). The molecular formula is C15H24F3N3O2. The average Bonchev–Trinajstić information content (AvgIpc) is 2.77. The van der Waals surface area contributed by atoms with E-state index < -0.39 is 24.5 Å². The van der Waals surface area contributed by atoms with E-state index in [4.69, 9.17) is 0 Å². The van der Waals surface area contributed by atoms with Gasteiger partial charge in [0.25, 0.3) is 0 Å². The highest BCUT2D eigenvalue weighted by atomic mass is 19.4. The number of hydrogen-bond acceptors (Lipinski definition) is 3. The molecule has 2 heterocycles. The average molecular weight is 335 g/mol. The van der Waals surface area contributed by atoms with Gasteiger partial charge in [-0.2, -0.15) is 13.2 Å². The van der Waals surface area contributed by atoms with E-state index in [2.05, 4.69) is 4.90 Å². The molecule has 0 aromatic heterocycles. The summed E-state index contributed by atoms with van der Waals surface area (Å²) in [6.45, 7) is 4.69. The summed E-state index contributed by atoms with van der Waals surface area (Å²) in [5, 5.41) is 0. The molecule has 132 valence electrons. The lowest BCUT2D eigenvalue weighted by atomic mass is 9.97. The Morgan fingerprint density at radius 3 is 2.48 bits per heavy atom. The molecule has 0 aromatic carbocycles. The first-order valence-electron chi connectivity index (χ1n) is 7.92. The third kappa shape index (κ3) is 4.37. The third-order valence-corrected chi connectivity index (χ3v) is 4.61. The van der Waals surface area contributed by atoms with Crippen molar-refractivity contribution in [2.24, 2.45) is 11.8 Å². The van der Waals surface area contributed by atoms with Crippen molar-refractivity contribution in [3.05, 3.63) is 0 Å². The fourth-order valence-electron chi connectivity index (χ4n) is 3.34. The Kier molecular flexibility index (Phi) is 5.23. The zero-order valence-electron chi connectivity index (χ0n) is 13.8. The van der Waals surface area contributed by atoms with Crippen LogP contribution < -0.4 is 0 Å². The number of amides is 2. The Bertz CT molecular complexity index is 467. The summed E-state index contributed by atoms with van der Waals surface area (Å²) in [5.74, 6) is -1.18. The smallest absolute Gasteiger partial charge is 0.337 e. The van der Waals surface area contributed by atoms with Crippen LogP contribution >= 0.6 is 0 Å². The van der Waals surface area contributed by atoms with Gasteiger partial charge in [0.15, 0.2) is 0 Å². The molecule has 0 saturated carbocycles. The monoisotopic (exact) mass is 335 g/mol. The maximum absolute atomic E-state index is 12.7.